The minimum absolute atomic E-state index is 0.171. The molecule has 0 aromatic heterocycles. The number of hydrogen-bond donors (Lipinski definition) is 0. The zero-order valence-corrected chi connectivity index (χ0v) is 14.5. The molecule has 1 heterocycles. The van der Waals surface area contributed by atoms with Crippen LogP contribution in [-0.2, 0) is 9.31 Å². The lowest BCUT2D eigenvalue weighted by atomic mass is 9.77. The fraction of sp³-hybridized carbons (Fsp3) is 0.647. The summed E-state index contributed by atoms with van der Waals surface area (Å²) in [6, 6.07) is 4.21. The lowest BCUT2D eigenvalue weighted by Crippen LogP contribution is -2.41. The highest BCUT2D eigenvalue weighted by molar-refractivity contribution is 6.62. The van der Waals surface area contributed by atoms with Crippen LogP contribution in [0.4, 0.5) is 0 Å². The standard InChI is InChI=1S/C17H27BO3/c1-11(2)19-15-12(3)9-14(10-13(15)4)18-20-16(5,6)17(7,8)21-18/h9-11H,1-8H3. The smallest absolute Gasteiger partial charge is 0.490 e. The van der Waals surface area contributed by atoms with E-state index >= 15 is 0 Å². The van der Waals surface area contributed by atoms with Gasteiger partial charge in [-0.3, -0.25) is 0 Å². The Morgan fingerprint density at radius 1 is 0.952 bits per heavy atom. The fourth-order valence-electron chi connectivity index (χ4n) is 2.52. The molecule has 0 spiro atoms. The molecule has 3 nitrogen and oxygen atoms in total. The number of hydrogen-bond acceptors (Lipinski definition) is 3. The quantitative estimate of drug-likeness (QED) is 0.799. The molecule has 0 unspecified atom stereocenters. The van der Waals surface area contributed by atoms with Gasteiger partial charge in [0.15, 0.2) is 0 Å². The maximum atomic E-state index is 6.12. The van der Waals surface area contributed by atoms with Gasteiger partial charge in [-0.05, 0) is 72.0 Å². The number of benzene rings is 1. The van der Waals surface area contributed by atoms with E-state index in [0.29, 0.717) is 0 Å². The van der Waals surface area contributed by atoms with Crippen molar-refractivity contribution in [2.24, 2.45) is 0 Å². The minimum atomic E-state index is -0.319. The van der Waals surface area contributed by atoms with Crippen molar-refractivity contribution in [3.8, 4) is 5.75 Å². The lowest BCUT2D eigenvalue weighted by Gasteiger charge is -2.32. The fourth-order valence-corrected chi connectivity index (χ4v) is 2.52. The molecule has 2 rings (SSSR count). The summed E-state index contributed by atoms with van der Waals surface area (Å²) in [5.74, 6) is 0.963. The van der Waals surface area contributed by atoms with Gasteiger partial charge in [0.1, 0.15) is 5.75 Å². The molecule has 116 valence electrons. The predicted molar refractivity (Wildman–Crippen MR) is 87.4 cm³/mol. The summed E-state index contributed by atoms with van der Waals surface area (Å²) in [5.41, 5.74) is 2.67. The van der Waals surface area contributed by atoms with Gasteiger partial charge in [-0.2, -0.15) is 0 Å². The highest BCUT2D eigenvalue weighted by atomic mass is 16.7. The van der Waals surface area contributed by atoms with Crippen LogP contribution < -0.4 is 10.2 Å². The molecule has 1 aromatic carbocycles. The molecule has 1 aliphatic heterocycles. The molecule has 0 N–H and O–H groups in total. The average molecular weight is 290 g/mol. The van der Waals surface area contributed by atoms with Crippen molar-refractivity contribution in [3.05, 3.63) is 23.3 Å². The lowest BCUT2D eigenvalue weighted by molar-refractivity contribution is 0.00578. The Balaban J connectivity index is 2.31. The third-order valence-corrected chi connectivity index (χ3v) is 4.36. The first kappa shape index (κ1) is 16.4. The first-order valence-corrected chi connectivity index (χ1v) is 7.67. The van der Waals surface area contributed by atoms with Gasteiger partial charge in [0.25, 0.3) is 0 Å². The van der Waals surface area contributed by atoms with E-state index in [-0.39, 0.29) is 24.4 Å². The maximum absolute atomic E-state index is 6.12. The summed E-state index contributed by atoms with van der Waals surface area (Å²) in [7, 11) is -0.319. The van der Waals surface area contributed by atoms with Gasteiger partial charge >= 0.3 is 7.12 Å². The third-order valence-electron chi connectivity index (χ3n) is 4.36. The van der Waals surface area contributed by atoms with Crippen molar-refractivity contribution in [1.82, 2.24) is 0 Å². The largest absolute Gasteiger partial charge is 0.494 e. The van der Waals surface area contributed by atoms with Gasteiger partial charge in [0.05, 0.1) is 17.3 Å². The van der Waals surface area contributed by atoms with Crippen LogP contribution in [0, 0.1) is 13.8 Å². The van der Waals surface area contributed by atoms with Gasteiger partial charge in [0.2, 0.25) is 0 Å². The van der Waals surface area contributed by atoms with Gasteiger partial charge in [-0.1, -0.05) is 12.1 Å². The van der Waals surface area contributed by atoms with E-state index in [1.807, 2.05) is 13.8 Å². The van der Waals surface area contributed by atoms with Gasteiger partial charge in [0, 0.05) is 0 Å². The molecule has 0 bridgehead atoms. The topological polar surface area (TPSA) is 27.7 Å². The highest BCUT2D eigenvalue weighted by Gasteiger charge is 2.51. The Labute approximate surface area is 129 Å². The summed E-state index contributed by atoms with van der Waals surface area (Å²) in [6.07, 6.45) is 0.171. The SMILES string of the molecule is Cc1cc(B2OC(C)(C)C(C)(C)O2)cc(C)c1OC(C)C. The minimum Gasteiger partial charge on any atom is -0.490 e. The molecular formula is C17H27BO3. The van der Waals surface area contributed by atoms with Crippen molar-refractivity contribution in [2.75, 3.05) is 0 Å². The molecule has 21 heavy (non-hydrogen) atoms. The van der Waals surface area contributed by atoms with Crippen LogP contribution >= 0.6 is 0 Å². The summed E-state index contributed by atoms with van der Waals surface area (Å²) in [5, 5.41) is 0. The highest BCUT2D eigenvalue weighted by Crippen LogP contribution is 2.37. The predicted octanol–water partition coefficient (Wildman–Crippen LogP) is 3.39. The summed E-state index contributed by atoms with van der Waals surface area (Å²) in [4.78, 5) is 0. The first-order chi connectivity index (χ1) is 9.53. The van der Waals surface area contributed by atoms with Crippen LogP contribution in [0.25, 0.3) is 0 Å². The number of ether oxygens (including phenoxy) is 1. The zero-order chi connectivity index (χ0) is 16.0. The molecule has 0 atom stereocenters. The molecule has 0 aliphatic carbocycles. The van der Waals surface area contributed by atoms with Crippen LogP contribution in [0.3, 0.4) is 0 Å². The summed E-state index contributed by atoms with van der Waals surface area (Å²) in [6.45, 7) is 16.5. The van der Waals surface area contributed by atoms with E-state index in [1.165, 1.54) is 0 Å². The Hall–Kier alpha value is -0.995. The Morgan fingerprint density at radius 3 is 1.76 bits per heavy atom. The summed E-state index contributed by atoms with van der Waals surface area (Å²) < 4.78 is 18.1. The summed E-state index contributed by atoms with van der Waals surface area (Å²) >= 11 is 0. The van der Waals surface area contributed by atoms with Crippen LogP contribution in [-0.4, -0.2) is 24.4 Å². The van der Waals surface area contributed by atoms with E-state index < -0.39 is 0 Å². The second kappa shape index (κ2) is 5.33. The normalized spacial score (nSPS) is 20.1. The molecule has 1 aromatic rings. The number of rotatable bonds is 3. The van der Waals surface area contributed by atoms with Crippen molar-refractivity contribution in [1.29, 1.82) is 0 Å². The van der Waals surface area contributed by atoms with E-state index in [1.54, 1.807) is 0 Å². The van der Waals surface area contributed by atoms with E-state index in [9.17, 15) is 0 Å². The molecule has 0 radical (unpaired) electrons. The second-order valence-electron chi connectivity index (χ2n) is 7.24. The number of aryl methyl sites for hydroxylation is 2. The average Bonchev–Trinajstić information content (AvgIpc) is 2.53. The van der Waals surface area contributed by atoms with Crippen LogP contribution in [0.2, 0.25) is 0 Å². The van der Waals surface area contributed by atoms with Gasteiger partial charge in [-0.15, -0.1) is 0 Å². The molecule has 0 amide bonds. The van der Waals surface area contributed by atoms with Gasteiger partial charge < -0.3 is 14.0 Å². The molecule has 1 fully saturated rings. The van der Waals surface area contributed by atoms with Crippen molar-refractivity contribution >= 4 is 12.6 Å². The first-order valence-electron chi connectivity index (χ1n) is 7.67. The van der Waals surface area contributed by atoms with Crippen molar-refractivity contribution in [2.45, 2.75) is 72.7 Å². The Bertz CT molecular complexity index is 496. The molecule has 1 saturated heterocycles. The Morgan fingerprint density at radius 2 is 1.38 bits per heavy atom. The van der Waals surface area contributed by atoms with E-state index in [4.69, 9.17) is 14.0 Å². The molecule has 0 saturated carbocycles. The van der Waals surface area contributed by atoms with Crippen LogP contribution in [0.5, 0.6) is 5.75 Å². The van der Waals surface area contributed by atoms with Crippen molar-refractivity contribution < 1.29 is 14.0 Å². The molecule has 4 heteroatoms. The van der Waals surface area contributed by atoms with E-state index in [2.05, 4.69) is 53.7 Å². The van der Waals surface area contributed by atoms with Crippen molar-refractivity contribution in [3.63, 3.8) is 0 Å². The van der Waals surface area contributed by atoms with E-state index in [0.717, 1.165) is 22.3 Å². The second-order valence-corrected chi connectivity index (χ2v) is 7.24. The maximum Gasteiger partial charge on any atom is 0.494 e. The Kier molecular flexibility index (Phi) is 4.16. The zero-order valence-electron chi connectivity index (χ0n) is 14.5. The van der Waals surface area contributed by atoms with Crippen LogP contribution in [0.15, 0.2) is 12.1 Å². The monoisotopic (exact) mass is 290 g/mol. The van der Waals surface area contributed by atoms with Crippen LogP contribution in [0.1, 0.15) is 52.7 Å². The molecule has 1 aliphatic rings. The molecular weight excluding hydrogens is 263 g/mol. The third kappa shape index (κ3) is 3.11. The van der Waals surface area contributed by atoms with Gasteiger partial charge in [-0.25, -0.2) is 0 Å².